The van der Waals surface area contributed by atoms with Crippen LogP contribution in [0, 0.1) is 0 Å². The molecule has 0 unspecified atom stereocenters. The van der Waals surface area contributed by atoms with Crippen molar-refractivity contribution in [2.24, 2.45) is 0 Å². The summed E-state index contributed by atoms with van der Waals surface area (Å²) in [6.07, 6.45) is 3.67. The second kappa shape index (κ2) is 9.60. The first-order chi connectivity index (χ1) is 15.1. The largest absolute Gasteiger partial charge is 0.494 e. The Kier molecular flexibility index (Phi) is 6.66. The number of fused-ring (bicyclic) bond motifs is 2. The molecular formula is C25H31NO5. The molecule has 2 aromatic carbocycles. The molecule has 0 atom stereocenters. The fourth-order valence-corrected chi connectivity index (χ4v) is 4.61. The molecule has 2 aliphatic rings. The lowest BCUT2D eigenvalue weighted by atomic mass is 9.79. The van der Waals surface area contributed by atoms with Crippen LogP contribution in [0.15, 0.2) is 42.5 Å². The van der Waals surface area contributed by atoms with Gasteiger partial charge in [0.2, 0.25) is 5.91 Å². The maximum Gasteiger partial charge on any atom is 0.222 e. The molecule has 0 saturated carbocycles. The number of para-hydroxylation sites is 1. The Morgan fingerprint density at radius 3 is 2.48 bits per heavy atom. The molecule has 0 N–H and O–H groups in total. The first-order valence-electron chi connectivity index (χ1n) is 11.0. The van der Waals surface area contributed by atoms with Crippen molar-refractivity contribution < 1.29 is 23.7 Å². The third-order valence-electron chi connectivity index (χ3n) is 6.32. The number of amides is 1. The third-order valence-corrected chi connectivity index (χ3v) is 6.32. The van der Waals surface area contributed by atoms with Gasteiger partial charge < -0.3 is 23.8 Å². The number of methoxy groups -OCH3 is 2. The summed E-state index contributed by atoms with van der Waals surface area (Å²) in [5.41, 5.74) is 2.09. The summed E-state index contributed by atoms with van der Waals surface area (Å²) in [5.74, 6) is 2.51. The lowest BCUT2D eigenvalue weighted by Gasteiger charge is -2.45. The first kappa shape index (κ1) is 21.5. The summed E-state index contributed by atoms with van der Waals surface area (Å²) in [6, 6.07) is 13.8. The fourth-order valence-electron chi connectivity index (χ4n) is 4.61. The van der Waals surface area contributed by atoms with Crippen molar-refractivity contribution in [3.63, 3.8) is 0 Å². The second-order valence-electron chi connectivity index (χ2n) is 8.10. The van der Waals surface area contributed by atoms with E-state index in [4.69, 9.17) is 18.9 Å². The molecule has 6 nitrogen and oxygen atoms in total. The number of carbonyl (C=O) groups is 1. The quantitative estimate of drug-likeness (QED) is 0.629. The molecule has 2 aliphatic heterocycles. The number of ether oxygens (including phenoxy) is 4. The number of piperidine rings is 1. The van der Waals surface area contributed by atoms with E-state index in [1.807, 2.05) is 35.2 Å². The Bertz CT molecular complexity index is 890. The van der Waals surface area contributed by atoms with Crippen molar-refractivity contribution in [3.05, 3.63) is 53.6 Å². The average Bonchev–Trinajstić information content (AvgIpc) is 2.82. The number of rotatable bonds is 7. The van der Waals surface area contributed by atoms with E-state index in [1.165, 1.54) is 11.1 Å². The number of carbonyl (C=O) groups excluding carboxylic acids is 1. The summed E-state index contributed by atoms with van der Waals surface area (Å²) < 4.78 is 23.0. The average molecular weight is 426 g/mol. The highest BCUT2D eigenvalue weighted by Gasteiger charge is 2.42. The van der Waals surface area contributed by atoms with Gasteiger partial charge in [-0.25, -0.2) is 0 Å². The molecule has 0 aromatic heterocycles. The van der Waals surface area contributed by atoms with Gasteiger partial charge in [-0.2, -0.15) is 0 Å². The Labute approximate surface area is 184 Å². The van der Waals surface area contributed by atoms with Gasteiger partial charge in [-0.1, -0.05) is 18.2 Å². The van der Waals surface area contributed by atoms with Crippen LogP contribution < -0.4 is 14.2 Å². The zero-order valence-electron chi connectivity index (χ0n) is 18.4. The van der Waals surface area contributed by atoms with Gasteiger partial charge in [0.05, 0.1) is 33.0 Å². The van der Waals surface area contributed by atoms with Crippen LogP contribution in [-0.4, -0.2) is 51.3 Å². The molecule has 6 heteroatoms. The van der Waals surface area contributed by atoms with E-state index >= 15 is 0 Å². The molecule has 0 aliphatic carbocycles. The molecule has 0 bridgehead atoms. The molecule has 4 rings (SSSR count). The lowest BCUT2D eigenvalue weighted by Crippen LogP contribution is -2.48. The van der Waals surface area contributed by atoms with Crippen LogP contribution in [-0.2, 0) is 21.6 Å². The van der Waals surface area contributed by atoms with Crippen molar-refractivity contribution in [1.29, 1.82) is 0 Å². The first-order valence-corrected chi connectivity index (χ1v) is 11.0. The number of hydrogen-bond donors (Lipinski definition) is 0. The Balaban J connectivity index is 1.34. The summed E-state index contributed by atoms with van der Waals surface area (Å²) in [6.45, 7) is 2.64. The number of nitrogens with zero attached hydrogens (tertiary/aromatic N) is 1. The SMILES string of the molecule is COc1cc2c(cc1OC)C1(CCN(C(=O)CCCOc3ccccc3)CC1)OCC2. The fraction of sp³-hybridized carbons (Fsp3) is 0.480. The Morgan fingerprint density at radius 1 is 1.06 bits per heavy atom. The normalized spacial score (nSPS) is 17.2. The van der Waals surface area contributed by atoms with E-state index in [9.17, 15) is 4.79 Å². The van der Waals surface area contributed by atoms with Gasteiger partial charge in [-0.15, -0.1) is 0 Å². The number of likely N-dealkylation sites (tertiary alicyclic amines) is 1. The molecule has 1 spiro atoms. The van der Waals surface area contributed by atoms with Gasteiger partial charge in [0.15, 0.2) is 11.5 Å². The molecule has 31 heavy (non-hydrogen) atoms. The summed E-state index contributed by atoms with van der Waals surface area (Å²) in [4.78, 5) is 14.7. The van der Waals surface area contributed by atoms with Gasteiger partial charge in [0.25, 0.3) is 0 Å². The van der Waals surface area contributed by atoms with E-state index < -0.39 is 0 Å². The number of hydrogen-bond acceptors (Lipinski definition) is 5. The van der Waals surface area contributed by atoms with Crippen LogP contribution in [0.25, 0.3) is 0 Å². The van der Waals surface area contributed by atoms with Crippen molar-refractivity contribution >= 4 is 5.91 Å². The van der Waals surface area contributed by atoms with Gasteiger partial charge >= 0.3 is 0 Å². The maximum absolute atomic E-state index is 12.7. The van der Waals surface area contributed by atoms with Crippen molar-refractivity contribution in [2.75, 3.05) is 40.5 Å². The Morgan fingerprint density at radius 2 is 1.77 bits per heavy atom. The molecule has 1 amide bonds. The predicted molar refractivity (Wildman–Crippen MR) is 118 cm³/mol. The van der Waals surface area contributed by atoms with Gasteiger partial charge in [0.1, 0.15) is 5.75 Å². The van der Waals surface area contributed by atoms with Crippen LogP contribution in [0.4, 0.5) is 0 Å². The monoisotopic (exact) mass is 425 g/mol. The summed E-state index contributed by atoms with van der Waals surface area (Å²) in [7, 11) is 3.32. The minimum Gasteiger partial charge on any atom is -0.494 e. The second-order valence-corrected chi connectivity index (χ2v) is 8.10. The summed E-state index contributed by atoms with van der Waals surface area (Å²) in [5, 5.41) is 0. The highest BCUT2D eigenvalue weighted by Crippen LogP contribution is 2.45. The lowest BCUT2D eigenvalue weighted by molar-refractivity contribution is -0.141. The topological polar surface area (TPSA) is 57.2 Å². The molecule has 166 valence electrons. The Hall–Kier alpha value is -2.73. The summed E-state index contributed by atoms with van der Waals surface area (Å²) >= 11 is 0. The smallest absolute Gasteiger partial charge is 0.222 e. The van der Waals surface area contributed by atoms with Crippen LogP contribution in [0.3, 0.4) is 0 Å². The van der Waals surface area contributed by atoms with Gasteiger partial charge in [-0.3, -0.25) is 4.79 Å². The van der Waals surface area contributed by atoms with Gasteiger partial charge in [-0.05, 0) is 61.1 Å². The van der Waals surface area contributed by atoms with Crippen LogP contribution >= 0.6 is 0 Å². The molecule has 1 fully saturated rings. The van der Waals surface area contributed by atoms with E-state index in [1.54, 1.807) is 14.2 Å². The molecule has 1 saturated heterocycles. The van der Waals surface area contributed by atoms with Gasteiger partial charge in [0, 0.05) is 19.5 Å². The van der Waals surface area contributed by atoms with Crippen molar-refractivity contribution in [1.82, 2.24) is 4.90 Å². The molecule has 0 radical (unpaired) electrons. The molecule has 2 heterocycles. The molecule has 2 aromatic rings. The number of benzene rings is 2. The van der Waals surface area contributed by atoms with E-state index in [0.717, 1.165) is 36.5 Å². The van der Waals surface area contributed by atoms with E-state index in [-0.39, 0.29) is 11.5 Å². The highest BCUT2D eigenvalue weighted by molar-refractivity contribution is 5.76. The van der Waals surface area contributed by atoms with E-state index in [0.29, 0.717) is 39.1 Å². The van der Waals surface area contributed by atoms with Crippen molar-refractivity contribution in [3.8, 4) is 17.2 Å². The maximum atomic E-state index is 12.7. The molecular weight excluding hydrogens is 394 g/mol. The predicted octanol–water partition coefficient (Wildman–Crippen LogP) is 3.95. The van der Waals surface area contributed by atoms with Crippen LogP contribution in [0.2, 0.25) is 0 Å². The van der Waals surface area contributed by atoms with Crippen LogP contribution in [0.5, 0.6) is 17.2 Å². The van der Waals surface area contributed by atoms with E-state index in [2.05, 4.69) is 12.1 Å². The zero-order valence-corrected chi connectivity index (χ0v) is 18.4. The van der Waals surface area contributed by atoms with Crippen LogP contribution in [0.1, 0.15) is 36.8 Å². The zero-order chi connectivity index (χ0) is 21.7. The minimum atomic E-state index is -0.347. The highest BCUT2D eigenvalue weighted by atomic mass is 16.5. The standard InChI is InChI=1S/C25H31NO5/c1-28-22-17-19-10-16-31-25(21(19)18-23(22)29-2)11-13-26(14-12-25)24(27)9-6-15-30-20-7-4-3-5-8-20/h3-5,7-8,17-18H,6,9-16H2,1-2H3. The third kappa shape index (κ3) is 4.64. The minimum absolute atomic E-state index is 0.190. The van der Waals surface area contributed by atoms with Crippen molar-refractivity contribution in [2.45, 2.75) is 37.7 Å².